The molecule has 0 spiro atoms. The SMILES string of the molecule is COc1cc(COc2nn(-c3ccccc3)cc2/C=C/c2nc(N3CCCCC3)sc2C)ccc1OCc1nc(-c2ccc(CC(=O)O)cc2)oc1C. The summed E-state index contributed by atoms with van der Waals surface area (Å²) in [4.78, 5) is 24.2. The second-order valence-corrected chi connectivity index (χ2v) is 14.0. The summed E-state index contributed by atoms with van der Waals surface area (Å²) in [7, 11) is 1.60. The van der Waals surface area contributed by atoms with Crippen LogP contribution in [0.4, 0.5) is 5.13 Å². The zero-order valence-corrected chi connectivity index (χ0v) is 30.8. The van der Waals surface area contributed by atoms with Gasteiger partial charge >= 0.3 is 5.97 Å². The van der Waals surface area contributed by atoms with Gasteiger partial charge in [0, 0.05) is 29.7 Å². The van der Waals surface area contributed by atoms with Crippen molar-refractivity contribution in [1.82, 2.24) is 19.7 Å². The van der Waals surface area contributed by atoms with Crippen molar-refractivity contribution in [2.45, 2.75) is 52.7 Å². The Labute approximate surface area is 312 Å². The van der Waals surface area contributed by atoms with Gasteiger partial charge < -0.3 is 28.6 Å². The van der Waals surface area contributed by atoms with Crippen LogP contribution in [0.2, 0.25) is 0 Å². The summed E-state index contributed by atoms with van der Waals surface area (Å²) in [6.45, 7) is 6.50. The Bertz CT molecular complexity index is 2200. The van der Waals surface area contributed by atoms with Gasteiger partial charge in [-0.2, -0.15) is 0 Å². The van der Waals surface area contributed by atoms with E-state index in [1.165, 1.54) is 24.1 Å². The van der Waals surface area contributed by atoms with Gasteiger partial charge in [0.2, 0.25) is 11.8 Å². The van der Waals surface area contributed by atoms with Crippen LogP contribution in [0, 0.1) is 13.8 Å². The summed E-state index contributed by atoms with van der Waals surface area (Å²) in [6.07, 6.45) is 9.71. The average molecular weight is 732 g/mol. The molecule has 11 nitrogen and oxygen atoms in total. The number of anilines is 1. The van der Waals surface area contributed by atoms with Crippen LogP contribution in [-0.2, 0) is 24.4 Å². The first kappa shape index (κ1) is 35.5. The fourth-order valence-electron chi connectivity index (χ4n) is 6.09. The van der Waals surface area contributed by atoms with Gasteiger partial charge in [-0.3, -0.25) is 4.79 Å². The van der Waals surface area contributed by atoms with Gasteiger partial charge in [-0.15, -0.1) is 16.4 Å². The molecule has 1 aliphatic rings. The third-order valence-electron chi connectivity index (χ3n) is 9.01. The summed E-state index contributed by atoms with van der Waals surface area (Å²) in [5.41, 5.74) is 5.71. The number of ether oxygens (including phenoxy) is 3. The summed E-state index contributed by atoms with van der Waals surface area (Å²) >= 11 is 1.75. The Morgan fingerprint density at radius 3 is 2.43 bits per heavy atom. The topological polar surface area (TPSA) is 125 Å². The Morgan fingerprint density at radius 2 is 1.68 bits per heavy atom. The lowest BCUT2D eigenvalue weighted by atomic mass is 10.1. The van der Waals surface area contributed by atoms with E-state index in [1.54, 1.807) is 42.7 Å². The highest BCUT2D eigenvalue weighted by atomic mass is 32.1. The standard InChI is InChI=1S/C41H41N5O6S/c1-27-35(42-39(52-27)31-15-12-29(13-16-31)23-38(47)48)26-50-36-19-14-30(22-37(36)49-3)25-51-40-32(24-46(44-40)33-10-6-4-7-11-33)17-18-34-28(2)53-41(43-34)45-20-8-5-9-21-45/h4,6-7,10-19,22,24H,5,8-9,20-21,23,25-26H2,1-3H3,(H,47,48)/b18-17+. The predicted octanol–water partition coefficient (Wildman–Crippen LogP) is 8.56. The summed E-state index contributed by atoms with van der Waals surface area (Å²) in [5.74, 6) is 1.80. The van der Waals surface area contributed by atoms with E-state index in [0.29, 0.717) is 40.3 Å². The molecular weight excluding hydrogens is 691 g/mol. The molecule has 1 N–H and O–H groups in total. The van der Waals surface area contributed by atoms with Crippen molar-refractivity contribution in [1.29, 1.82) is 0 Å². The van der Waals surface area contributed by atoms with E-state index in [-0.39, 0.29) is 19.6 Å². The number of hydrogen-bond acceptors (Lipinski definition) is 10. The fourth-order valence-corrected chi connectivity index (χ4v) is 7.04. The van der Waals surface area contributed by atoms with Crippen LogP contribution in [0.5, 0.6) is 17.4 Å². The van der Waals surface area contributed by atoms with Gasteiger partial charge in [-0.25, -0.2) is 14.6 Å². The van der Waals surface area contributed by atoms with E-state index in [0.717, 1.165) is 46.3 Å². The monoisotopic (exact) mass is 731 g/mol. The lowest BCUT2D eigenvalue weighted by Crippen LogP contribution is -2.29. The first-order valence-corrected chi connectivity index (χ1v) is 18.4. The number of nitrogens with zero attached hydrogens (tertiary/aromatic N) is 5. The second kappa shape index (κ2) is 16.2. The lowest BCUT2D eigenvalue weighted by molar-refractivity contribution is -0.136. The molecule has 0 atom stereocenters. The number of thiazole rings is 1. The number of carboxylic acids is 1. The molecule has 0 amide bonds. The molecule has 4 heterocycles. The van der Waals surface area contributed by atoms with Crippen molar-refractivity contribution in [2.75, 3.05) is 25.1 Å². The minimum Gasteiger partial charge on any atom is -0.493 e. The second-order valence-electron chi connectivity index (χ2n) is 12.8. The molecule has 272 valence electrons. The smallest absolute Gasteiger partial charge is 0.307 e. The van der Waals surface area contributed by atoms with Crippen molar-refractivity contribution in [3.63, 3.8) is 0 Å². The molecule has 0 saturated carbocycles. The molecule has 0 aliphatic carbocycles. The zero-order chi connectivity index (χ0) is 36.7. The van der Waals surface area contributed by atoms with Crippen LogP contribution in [-0.4, -0.2) is 51.0 Å². The van der Waals surface area contributed by atoms with Gasteiger partial charge in [0.15, 0.2) is 16.6 Å². The highest BCUT2D eigenvalue weighted by molar-refractivity contribution is 7.15. The molecule has 0 radical (unpaired) electrons. The average Bonchev–Trinajstić information content (AvgIpc) is 3.89. The Kier molecular flexibility index (Phi) is 10.9. The van der Waals surface area contributed by atoms with Crippen molar-refractivity contribution in [3.05, 3.63) is 118 Å². The number of piperidine rings is 1. The molecule has 0 bridgehead atoms. The van der Waals surface area contributed by atoms with Gasteiger partial charge in [0.1, 0.15) is 24.7 Å². The maximum atomic E-state index is 11.0. The molecular formula is C41H41N5O6S. The van der Waals surface area contributed by atoms with Crippen molar-refractivity contribution >= 4 is 34.6 Å². The number of benzene rings is 3. The number of carbonyl (C=O) groups is 1. The minimum atomic E-state index is -0.878. The number of aryl methyl sites for hydroxylation is 2. The fraction of sp³-hybridized carbons (Fsp3) is 0.268. The van der Waals surface area contributed by atoms with E-state index < -0.39 is 5.97 Å². The molecule has 6 aromatic rings. The molecule has 1 fully saturated rings. The number of aromatic nitrogens is 4. The number of hydrogen-bond donors (Lipinski definition) is 1. The van der Waals surface area contributed by atoms with Crippen LogP contribution in [0.25, 0.3) is 29.3 Å². The Morgan fingerprint density at radius 1 is 0.906 bits per heavy atom. The van der Waals surface area contributed by atoms with E-state index in [4.69, 9.17) is 33.8 Å². The van der Waals surface area contributed by atoms with Crippen molar-refractivity contribution < 1.29 is 28.5 Å². The molecule has 7 rings (SSSR count). The zero-order valence-electron chi connectivity index (χ0n) is 29.9. The maximum Gasteiger partial charge on any atom is 0.307 e. The number of methoxy groups -OCH3 is 1. The lowest BCUT2D eigenvalue weighted by Gasteiger charge is -2.25. The van der Waals surface area contributed by atoms with Crippen molar-refractivity contribution in [3.8, 4) is 34.5 Å². The molecule has 1 saturated heterocycles. The third-order valence-corrected chi connectivity index (χ3v) is 10.1. The normalized spacial score (nSPS) is 13.1. The summed E-state index contributed by atoms with van der Waals surface area (Å²) < 4.78 is 25.9. The molecule has 1 aliphatic heterocycles. The Balaban J connectivity index is 1.04. The van der Waals surface area contributed by atoms with Gasteiger partial charge in [-0.1, -0.05) is 36.4 Å². The number of aliphatic carboxylic acids is 1. The molecule has 53 heavy (non-hydrogen) atoms. The highest BCUT2D eigenvalue weighted by Gasteiger charge is 2.18. The van der Waals surface area contributed by atoms with Crippen LogP contribution >= 0.6 is 11.3 Å². The largest absolute Gasteiger partial charge is 0.493 e. The highest BCUT2D eigenvalue weighted by Crippen LogP contribution is 2.32. The number of carboxylic acid groups (broad SMARTS) is 1. The maximum absolute atomic E-state index is 11.0. The van der Waals surface area contributed by atoms with E-state index >= 15 is 0 Å². The van der Waals surface area contributed by atoms with Crippen LogP contribution in [0.3, 0.4) is 0 Å². The summed E-state index contributed by atoms with van der Waals surface area (Å²) in [6, 6.07) is 22.8. The molecule has 12 heteroatoms. The Hall–Kier alpha value is -5.88. The summed E-state index contributed by atoms with van der Waals surface area (Å²) in [5, 5.41) is 14.9. The number of rotatable bonds is 14. The van der Waals surface area contributed by atoms with Crippen LogP contribution < -0.4 is 19.1 Å². The number of para-hydroxylation sites is 1. The molecule has 0 unspecified atom stereocenters. The first-order valence-electron chi connectivity index (χ1n) is 17.6. The minimum absolute atomic E-state index is 0.0405. The van der Waals surface area contributed by atoms with Gasteiger partial charge in [0.05, 0.1) is 30.5 Å². The van der Waals surface area contributed by atoms with Crippen LogP contribution in [0.15, 0.2) is 83.4 Å². The quantitative estimate of drug-likeness (QED) is 0.117. The van der Waals surface area contributed by atoms with Gasteiger partial charge in [-0.05, 0) is 92.8 Å². The van der Waals surface area contributed by atoms with E-state index in [9.17, 15) is 4.79 Å². The molecule has 3 aromatic heterocycles. The third kappa shape index (κ3) is 8.61. The van der Waals surface area contributed by atoms with Gasteiger partial charge in [0.25, 0.3) is 0 Å². The first-order chi connectivity index (χ1) is 25.8. The predicted molar refractivity (Wildman–Crippen MR) is 205 cm³/mol. The van der Waals surface area contributed by atoms with Crippen molar-refractivity contribution in [2.24, 2.45) is 0 Å². The number of oxazole rings is 1. The van der Waals surface area contributed by atoms with E-state index in [2.05, 4.69) is 16.8 Å². The van der Waals surface area contributed by atoms with E-state index in [1.807, 2.05) is 78.5 Å². The molecule has 3 aromatic carbocycles. The van der Waals surface area contributed by atoms with Crippen LogP contribution in [0.1, 0.15) is 58.0 Å².